The largest absolute Gasteiger partial charge is 0.480 e. The van der Waals surface area contributed by atoms with E-state index in [4.69, 9.17) is 9.47 Å². The maximum atomic E-state index is 13.0. The Morgan fingerprint density at radius 3 is 2.43 bits per heavy atom. The van der Waals surface area contributed by atoms with Gasteiger partial charge in [-0.2, -0.15) is 0 Å². The Balaban J connectivity index is 1.13. The van der Waals surface area contributed by atoms with Crippen molar-refractivity contribution in [1.82, 2.24) is 10.2 Å². The van der Waals surface area contributed by atoms with Crippen molar-refractivity contribution < 1.29 is 29.0 Å². The van der Waals surface area contributed by atoms with Crippen LogP contribution >= 0.6 is 0 Å². The van der Waals surface area contributed by atoms with Crippen molar-refractivity contribution in [2.24, 2.45) is 5.92 Å². The smallest absolute Gasteiger partial charge is 0.407 e. The number of ether oxygens (including phenoxy) is 2. The summed E-state index contributed by atoms with van der Waals surface area (Å²) in [6, 6.07) is 15.3. The lowest BCUT2D eigenvalue weighted by Gasteiger charge is -2.28. The van der Waals surface area contributed by atoms with Gasteiger partial charge in [-0.3, -0.25) is 4.79 Å². The quantitative estimate of drug-likeness (QED) is 0.632. The molecule has 184 valence electrons. The summed E-state index contributed by atoms with van der Waals surface area (Å²) in [5.41, 5.74) is 4.63. The molecule has 2 heterocycles. The van der Waals surface area contributed by atoms with Crippen LogP contribution in [0.25, 0.3) is 11.1 Å². The van der Waals surface area contributed by atoms with Crippen LogP contribution in [0.4, 0.5) is 4.79 Å². The molecule has 35 heavy (non-hydrogen) atoms. The standard InChI is InChI=1S/C27H30N2O6/c1-16(12-25(30)29-22-10-11-34-24(22)13-23(29)26(31)32)14-28-27(33)35-15-21-19-8-4-2-6-17(19)18-7-3-5-9-20(18)21/h2-9,16,21-24H,10-15H2,1H3,(H,28,33)(H,31,32). The number of benzene rings is 2. The number of hydrogen-bond donors (Lipinski definition) is 2. The number of likely N-dealkylation sites (tertiary alicyclic amines) is 1. The van der Waals surface area contributed by atoms with E-state index in [9.17, 15) is 19.5 Å². The average Bonchev–Trinajstić information content (AvgIpc) is 3.53. The van der Waals surface area contributed by atoms with Crippen LogP contribution in [0.1, 0.15) is 43.2 Å². The molecule has 5 rings (SSSR count). The van der Waals surface area contributed by atoms with Gasteiger partial charge in [-0.15, -0.1) is 0 Å². The van der Waals surface area contributed by atoms with Gasteiger partial charge in [0.05, 0.1) is 12.1 Å². The molecule has 4 atom stereocenters. The van der Waals surface area contributed by atoms with E-state index >= 15 is 0 Å². The van der Waals surface area contributed by atoms with Crippen LogP contribution in [-0.2, 0) is 19.1 Å². The number of rotatable bonds is 7. The Kier molecular flexibility index (Phi) is 6.47. The molecule has 2 saturated heterocycles. The van der Waals surface area contributed by atoms with Gasteiger partial charge in [0.15, 0.2) is 0 Å². The summed E-state index contributed by atoms with van der Waals surface area (Å²) in [5.74, 6) is -1.39. The number of aliphatic carboxylic acids is 1. The first-order valence-electron chi connectivity index (χ1n) is 12.2. The molecule has 0 bridgehead atoms. The summed E-state index contributed by atoms with van der Waals surface area (Å²) in [6.07, 6.45) is 0.413. The molecule has 0 saturated carbocycles. The number of fused-ring (bicyclic) bond motifs is 4. The van der Waals surface area contributed by atoms with E-state index in [0.29, 0.717) is 19.4 Å². The fourth-order valence-corrected chi connectivity index (χ4v) is 5.71. The zero-order chi connectivity index (χ0) is 24.5. The summed E-state index contributed by atoms with van der Waals surface area (Å²) < 4.78 is 11.2. The van der Waals surface area contributed by atoms with Gasteiger partial charge in [0.1, 0.15) is 12.6 Å². The Morgan fingerprint density at radius 2 is 1.77 bits per heavy atom. The Bertz CT molecular complexity index is 1090. The number of carboxylic acids is 1. The van der Waals surface area contributed by atoms with Gasteiger partial charge in [-0.05, 0) is 34.6 Å². The monoisotopic (exact) mass is 478 g/mol. The van der Waals surface area contributed by atoms with Crippen LogP contribution in [-0.4, -0.2) is 65.9 Å². The highest BCUT2D eigenvalue weighted by molar-refractivity contribution is 5.85. The third-order valence-electron chi connectivity index (χ3n) is 7.36. The molecule has 2 aromatic rings. The second kappa shape index (κ2) is 9.70. The highest BCUT2D eigenvalue weighted by atomic mass is 16.5. The third kappa shape index (κ3) is 4.50. The molecule has 2 aliphatic heterocycles. The summed E-state index contributed by atoms with van der Waals surface area (Å²) in [5, 5.41) is 12.3. The molecule has 0 radical (unpaired) electrons. The zero-order valence-electron chi connectivity index (χ0n) is 19.7. The Hall–Kier alpha value is -3.39. The minimum Gasteiger partial charge on any atom is -0.480 e. The molecule has 0 aromatic heterocycles. The van der Waals surface area contributed by atoms with Gasteiger partial charge in [-0.1, -0.05) is 55.5 Å². The van der Waals surface area contributed by atoms with E-state index in [1.807, 2.05) is 31.2 Å². The van der Waals surface area contributed by atoms with Crippen LogP contribution in [0.3, 0.4) is 0 Å². The van der Waals surface area contributed by atoms with Gasteiger partial charge in [0.25, 0.3) is 0 Å². The number of carboxylic acid groups (broad SMARTS) is 1. The molecule has 3 aliphatic rings. The van der Waals surface area contributed by atoms with Gasteiger partial charge in [0.2, 0.25) is 5.91 Å². The van der Waals surface area contributed by atoms with E-state index in [0.717, 1.165) is 11.1 Å². The summed E-state index contributed by atoms with van der Waals surface area (Å²) in [6.45, 7) is 2.89. The normalized spacial score (nSPS) is 23.3. The number of amides is 2. The first-order valence-corrected chi connectivity index (χ1v) is 12.2. The Labute approximate surface area is 204 Å². The second-order valence-corrected chi connectivity index (χ2v) is 9.67. The minimum absolute atomic E-state index is 0.0168. The second-order valence-electron chi connectivity index (χ2n) is 9.67. The lowest BCUT2D eigenvalue weighted by molar-refractivity contribution is -0.150. The van der Waals surface area contributed by atoms with Crippen LogP contribution in [0.15, 0.2) is 48.5 Å². The lowest BCUT2D eigenvalue weighted by Crippen LogP contribution is -2.46. The van der Waals surface area contributed by atoms with Crippen molar-refractivity contribution in [2.75, 3.05) is 19.8 Å². The highest BCUT2D eigenvalue weighted by Gasteiger charge is 2.49. The predicted molar refractivity (Wildman–Crippen MR) is 128 cm³/mol. The first kappa shape index (κ1) is 23.4. The van der Waals surface area contributed by atoms with E-state index in [1.54, 1.807) is 0 Å². The number of nitrogens with zero attached hydrogens (tertiary/aromatic N) is 1. The molecular formula is C27H30N2O6. The van der Waals surface area contributed by atoms with E-state index in [1.165, 1.54) is 16.0 Å². The number of alkyl carbamates (subject to hydrolysis) is 1. The fraction of sp³-hybridized carbons (Fsp3) is 0.444. The number of carbonyl (C=O) groups is 3. The molecule has 2 aromatic carbocycles. The van der Waals surface area contributed by atoms with Crippen molar-refractivity contribution in [3.05, 3.63) is 59.7 Å². The van der Waals surface area contributed by atoms with Gasteiger partial charge >= 0.3 is 12.1 Å². The topological polar surface area (TPSA) is 105 Å². The average molecular weight is 479 g/mol. The first-order chi connectivity index (χ1) is 16.9. The van der Waals surface area contributed by atoms with Gasteiger partial charge in [0, 0.05) is 31.9 Å². The molecule has 1 aliphatic carbocycles. The van der Waals surface area contributed by atoms with Crippen molar-refractivity contribution in [3.63, 3.8) is 0 Å². The predicted octanol–water partition coefficient (Wildman–Crippen LogP) is 3.39. The molecule has 8 heteroatoms. The molecule has 2 N–H and O–H groups in total. The van der Waals surface area contributed by atoms with Crippen molar-refractivity contribution in [2.45, 2.75) is 50.3 Å². The van der Waals surface area contributed by atoms with Gasteiger partial charge < -0.3 is 24.8 Å². The van der Waals surface area contributed by atoms with Crippen LogP contribution in [0, 0.1) is 5.92 Å². The minimum atomic E-state index is -0.999. The maximum Gasteiger partial charge on any atom is 0.407 e. The highest BCUT2D eigenvalue weighted by Crippen LogP contribution is 2.44. The fourth-order valence-electron chi connectivity index (χ4n) is 5.71. The number of nitrogens with one attached hydrogen (secondary N) is 1. The number of carbonyl (C=O) groups excluding carboxylic acids is 2. The lowest BCUT2D eigenvalue weighted by atomic mass is 9.98. The van der Waals surface area contributed by atoms with Crippen molar-refractivity contribution >= 4 is 18.0 Å². The molecule has 4 unspecified atom stereocenters. The molecule has 8 nitrogen and oxygen atoms in total. The van der Waals surface area contributed by atoms with Crippen LogP contribution in [0.2, 0.25) is 0 Å². The molecular weight excluding hydrogens is 448 g/mol. The maximum absolute atomic E-state index is 13.0. The van der Waals surface area contributed by atoms with Crippen molar-refractivity contribution in [3.8, 4) is 11.1 Å². The van der Waals surface area contributed by atoms with Crippen molar-refractivity contribution in [1.29, 1.82) is 0 Å². The van der Waals surface area contributed by atoms with Crippen LogP contribution in [0.5, 0.6) is 0 Å². The molecule has 2 amide bonds. The Morgan fingerprint density at radius 1 is 1.11 bits per heavy atom. The third-order valence-corrected chi connectivity index (χ3v) is 7.36. The summed E-state index contributed by atoms with van der Waals surface area (Å²) in [7, 11) is 0. The van der Waals surface area contributed by atoms with E-state index < -0.39 is 18.1 Å². The van der Waals surface area contributed by atoms with E-state index in [2.05, 4.69) is 29.6 Å². The molecule has 0 spiro atoms. The van der Waals surface area contributed by atoms with Crippen LogP contribution < -0.4 is 5.32 Å². The SMILES string of the molecule is CC(CNC(=O)OCC1c2ccccc2-c2ccccc21)CC(=O)N1C(C(=O)O)CC2OCCC21. The zero-order valence-corrected chi connectivity index (χ0v) is 19.7. The summed E-state index contributed by atoms with van der Waals surface area (Å²) in [4.78, 5) is 38.5. The number of hydrogen-bond acceptors (Lipinski definition) is 5. The molecule has 2 fully saturated rings. The van der Waals surface area contributed by atoms with Gasteiger partial charge in [-0.25, -0.2) is 9.59 Å². The van der Waals surface area contributed by atoms with E-state index in [-0.39, 0.29) is 49.5 Å². The summed E-state index contributed by atoms with van der Waals surface area (Å²) >= 11 is 0.